The van der Waals surface area contributed by atoms with E-state index in [2.05, 4.69) is 4.98 Å². The number of thiazole rings is 1. The van der Waals surface area contributed by atoms with Crippen molar-refractivity contribution in [3.8, 4) is 11.3 Å². The van der Waals surface area contributed by atoms with Crippen LogP contribution in [0.3, 0.4) is 0 Å². The van der Waals surface area contributed by atoms with E-state index in [4.69, 9.17) is 0 Å². The summed E-state index contributed by atoms with van der Waals surface area (Å²) in [5.41, 5.74) is 2.07. The zero-order valence-electron chi connectivity index (χ0n) is 11.3. The number of imide groups is 1. The number of aromatic nitrogens is 1. The number of carbonyl (C=O) groups excluding carboxylic acids is 2. The first-order valence-electron chi connectivity index (χ1n) is 6.71. The van der Waals surface area contributed by atoms with Crippen molar-refractivity contribution in [2.75, 3.05) is 12.3 Å². The van der Waals surface area contributed by atoms with E-state index < -0.39 is 0 Å². The van der Waals surface area contributed by atoms with Crippen LogP contribution in [0, 0.1) is 0 Å². The second kappa shape index (κ2) is 6.41. The molecule has 2 heterocycles. The normalized spacial score (nSPS) is 15.0. The molecule has 2 aromatic rings. The van der Waals surface area contributed by atoms with Crippen molar-refractivity contribution in [1.82, 2.24) is 9.88 Å². The van der Waals surface area contributed by atoms with Gasteiger partial charge in [0, 0.05) is 36.1 Å². The van der Waals surface area contributed by atoms with Gasteiger partial charge in [-0.1, -0.05) is 42.1 Å². The second-order valence-electron chi connectivity index (χ2n) is 4.65. The van der Waals surface area contributed by atoms with Crippen LogP contribution >= 0.6 is 23.1 Å². The third-order valence-electron chi connectivity index (χ3n) is 3.25. The Morgan fingerprint density at radius 1 is 1.14 bits per heavy atom. The second-order valence-corrected chi connectivity index (χ2v) is 6.85. The van der Waals surface area contributed by atoms with Crippen LogP contribution in [0.25, 0.3) is 11.3 Å². The molecule has 0 unspecified atom stereocenters. The molecule has 0 N–H and O–H groups in total. The van der Waals surface area contributed by atoms with E-state index in [1.165, 1.54) is 4.90 Å². The minimum Gasteiger partial charge on any atom is -0.282 e. The molecule has 1 aliphatic heterocycles. The summed E-state index contributed by atoms with van der Waals surface area (Å²) in [4.78, 5) is 28.9. The first-order valence-corrected chi connectivity index (χ1v) is 8.57. The third-order valence-corrected chi connectivity index (χ3v) is 5.25. The van der Waals surface area contributed by atoms with Crippen molar-refractivity contribution in [3.63, 3.8) is 0 Å². The van der Waals surface area contributed by atoms with Crippen LogP contribution < -0.4 is 0 Å². The molecule has 1 fully saturated rings. The molecule has 0 radical (unpaired) electrons. The first kappa shape index (κ1) is 14.3. The molecule has 0 spiro atoms. The predicted octanol–water partition coefficient (Wildman–Crippen LogP) is 3.05. The van der Waals surface area contributed by atoms with Crippen LogP contribution in [0.15, 0.2) is 40.1 Å². The van der Waals surface area contributed by atoms with Crippen LogP contribution in [0.4, 0.5) is 0 Å². The van der Waals surface area contributed by atoms with Crippen LogP contribution in [-0.2, 0) is 9.59 Å². The van der Waals surface area contributed by atoms with Crippen LogP contribution in [-0.4, -0.2) is 34.0 Å². The molecule has 4 nitrogen and oxygen atoms in total. The van der Waals surface area contributed by atoms with Crippen molar-refractivity contribution in [2.45, 2.75) is 17.2 Å². The number of thioether (sulfide) groups is 1. The van der Waals surface area contributed by atoms with Gasteiger partial charge in [-0.25, -0.2) is 4.98 Å². The number of hydrogen-bond acceptors (Lipinski definition) is 5. The average molecular weight is 318 g/mol. The third kappa shape index (κ3) is 3.33. The van der Waals surface area contributed by atoms with Crippen LogP contribution in [0.5, 0.6) is 0 Å². The number of likely N-dealkylation sites (tertiary alicyclic amines) is 1. The lowest BCUT2D eigenvalue weighted by atomic mass is 10.2. The van der Waals surface area contributed by atoms with Crippen molar-refractivity contribution in [1.29, 1.82) is 0 Å². The fourth-order valence-corrected chi connectivity index (χ4v) is 3.99. The maximum absolute atomic E-state index is 11.5. The summed E-state index contributed by atoms with van der Waals surface area (Å²) in [5.74, 6) is 0.591. The summed E-state index contributed by atoms with van der Waals surface area (Å²) in [6.45, 7) is 0.475. The Kier molecular flexibility index (Phi) is 4.36. The Bertz CT molecular complexity index is 639. The first-order chi connectivity index (χ1) is 10.2. The molecule has 0 saturated carbocycles. The van der Waals surface area contributed by atoms with E-state index in [9.17, 15) is 9.59 Å². The zero-order chi connectivity index (χ0) is 14.7. The monoisotopic (exact) mass is 318 g/mol. The van der Waals surface area contributed by atoms with Crippen molar-refractivity contribution in [2.24, 2.45) is 0 Å². The van der Waals surface area contributed by atoms with E-state index in [1.807, 2.05) is 35.7 Å². The molecule has 2 amide bonds. The molecular formula is C15H14N2O2S2. The van der Waals surface area contributed by atoms with E-state index in [1.54, 1.807) is 23.1 Å². The molecule has 108 valence electrons. The SMILES string of the molecule is O=C1CCC(=O)N1CCSc1nc(-c2ccccc2)cs1. The minimum absolute atomic E-state index is 0.0512. The molecule has 1 aromatic carbocycles. The quantitative estimate of drug-likeness (QED) is 0.628. The number of rotatable bonds is 5. The van der Waals surface area contributed by atoms with Gasteiger partial charge in [-0.15, -0.1) is 11.3 Å². The highest BCUT2D eigenvalue weighted by Gasteiger charge is 2.28. The van der Waals surface area contributed by atoms with Gasteiger partial charge in [-0.05, 0) is 0 Å². The summed E-state index contributed by atoms with van der Waals surface area (Å²) in [6, 6.07) is 10.0. The fraction of sp³-hybridized carbons (Fsp3) is 0.267. The van der Waals surface area contributed by atoms with E-state index >= 15 is 0 Å². The Balaban J connectivity index is 1.56. The van der Waals surface area contributed by atoms with Gasteiger partial charge in [0.2, 0.25) is 11.8 Å². The highest BCUT2D eigenvalue weighted by atomic mass is 32.2. The van der Waals surface area contributed by atoms with Gasteiger partial charge in [-0.2, -0.15) is 0 Å². The summed E-state index contributed by atoms with van der Waals surface area (Å²) in [7, 11) is 0. The molecule has 0 aliphatic carbocycles. The average Bonchev–Trinajstić information content (AvgIpc) is 3.10. The molecule has 0 bridgehead atoms. The molecular weight excluding hydrogens is 304 g/mol. The molecule has 1 saturated heterocycles. The van der Waals surface area contributed by atoms with Gasteiger partial charge >= 0.3 is 0 Å². The van der Waals surface area contributed by atoms with Gasteiger partial charge in [0.25, 0.3) is 0 Å². The molecule has 3 rings (SSSR count). The van der Waals surface area contributed by atoms with Crippen molar-refractivity contribution in [3.05, 3.63) is 35.7 Å². The smallest absolute Gasteiger partial charge is 0.229 e. The van der Waals surface area contributed by atoms with E-state index in [0.29, 0.717) is 25.1 Å². The summed E-state index contributed by atoms with van der Waals surface area (Å²) < 4.78 is 0.966. The van der Waals surface area contributed by atoms with Gasteiger partial charge in [0.05, 0.1) is 5.69 Å². The number of benzene rings is 1. The lowest BCUT2D eigenvalue weighted by molar-refractivity contribution is -0.137. The number of hydrogen-bond donors (Lipinski definition) is 0. The van der Waals surface area contributed by atoms with Crippen LogP contribution in [0.2, 0.25) is 0 Å². The van der Waals surface area contributed by atoms with Gasteiger partial charge in [0.15, 0.2) is 4.34 Å². The molecule has 21 heavy (non-hydrogen) atoms. The number of carbonyl (C=O) groups is 2. The Labute approximate surface area is 131 Å². The standard InChI is InChI=1S/C15H14N2O2S2/c18-13-6-7-14(19)17(13)8-9-20-15-16-12(10-21-15)11-4-2-1-3-5-11/h1-5,10H,6-9H2. The van der Waals surface area contributed by atoms with Gasteiger partial charge in [-0.3, -0.25) is 14.5 Å². The molecule has 1 aliphatic rings. The van der Waals surface area contributed by atoms with Crippen molar-refractivity contribution >= 4 is 34.9 Å². The molecule has 6 heteroatoms. The summed E-state index contributed by atoms with van der Waals surface area (Å²) >= 11 is 3.18. The molecule has 1 aromatic heterocycles. The maximum atomic E-state index is 11.5. The zero-order valence-corrected chi connectivity index (χ0v) is 13.0. The Hall–Kier alpha value is -1.66. The topological polar surface area (TPSA) is 50.3 Å². The largest absolute Gasteiger partial charge is 0.282 e. The highest BCUT2D eigenvalue weighted by Crippen LogP contribution is 2.28. The maximum Gasteiger partial charge on any atom is 0.229 e. The van der Waals surface area contributed by atoms with Gasteiger partial charge < -0.3 is 0 Å². The summed E-state index contributed by atoms with van der Waals surface area (Å²) in [5, 5.41) is 2.03. The lowest BCUT2D eigenvalue weighted by Crippen LogP contribution is -2.31. The van der Waals surface area contributed by atoms with Crippen molar-refractivity contribution < 1.29 is 9.59 Å². The van der Waals surface area contributed by atoms with Crippen LogP contribution in [0.1, 0.15) is 12.8 Å². The highest BCUT2D eigenvalue weighted by molar-refractivity contribution is 8.01. The predicted molar refractivity (Wildman–Crippen MR) is 84.2 cm³/mol. The minimum atomic E-state index is -0.0512. The Morgan fingerprint density at radius 3 is 2.57 bits per heavy atom. The number of amides is 2. The van der Waals surface area contributed by atoms with Gasteiger partial charge in [0.1, 0.15) is 0 Å². The Morgan fingerprint density at radius 2 is 1.86 bits per heavy atom. The fourth-order valence-electron chi connectivity index (χ4n) is 2.16. The lowest BCUT2D eigenvalue weighted by Gasteiger charge is -2.12. The van der Waals surface area contributed by atoms with E-state index in [0.717, 1.165) is 15.6 Å². The number of nitrogens with zero attached hydrogens (tertiary/aromatic N) is 2. The van der Waals surface area contributed by atoms with E-state index in [-0.39, 0.29) is 11.8 Å². The molecule has 0 atom stereocenters. The summed E-state index contributed by atoms with van der Waals surface area (Å²) in [6.07, 6.45) is 0.720.